The first kappa shape index (κ1) is 9.58. The fourth-order valence-electron chi connectivity index (χ4n) is 0.674. The summed E-state index contributed by atoms with van der Waals surface area (Å²) < 4.78 is 40.2. The van der Waals surface area contributed by atoms with Gasteiger partial charge in [0.05, 0.1) is 12.3 Å². The summed E-state index contributed by atoms with van der Waals surface area (Å²) in [7, 11) is 0. The van der Waals surface area contributed by atoms with Crippen molar-refractivity contribution in [3.8, 4) is 6.07 Å². The minimum absolute atomic E-state index is 0.213. The summed E-state index contributed by atoms with van der Waals surface area (Å²) in [6.45, 7) is 1.41. The third-order valence-electron chi connectivity index (χ3n) is 1.37. The maximum atomic E-state index is 12.0. The van der Waals surface area contributed by atoms with E-state index >= 15 is 0 Å². The Bertz CT molecular complexity index is 336. The number of hydrogen-bond acceptors (Lipinski definition) is 3. The Morgan fingerprint density at radius 2 is 2.23 bits per heavy atom. The zero-order valence-corrected chi connectivity index (χ0v) is 6.59. The average Bonchev–Trinajstić information content (AvgIpc) is 2.50. The maximum absolute atomic E-state index is 12.0. The van der Waals surface area contributed by atoms with Crippen LogP contribution in [-0.4, -0.2) is 4.98 Å². The van der Waals surface area contributed by atoms with E-state index in [4.69, 9.17) is 5.26 Å². The number of halogens is 3. The van der Waals surface area contributed by atoms with Crippen molar-refractivity contribution in [3.63, 3.8) is 0 Å². The molecule has 1 aromatic rings. The summed E-state index contributed by atoms with van der Waals surface area (Å²) in [5, 5.41) is 8.37. The summed E-state index contributed by atoms with van der Waals surface area (Å²) in [5.41, 5.74) is 0. The van der Waals surface area contributed by atoms with Crippen molar-refractivity contribution < 1.29 is 17.6 Å². The molecular formula is C7H5F3N2O. The third-order valence-corrected chi connectivity index (χ3v) is 1.37. The second-order valence-electron chi connectivity index (χ2n) is 2.41. The van der Waals surface area contributed by atoms with Crippen LogP contribution in [0.1, 0.15) is 24.5 Å². The molecule has 70 valence electrons. The molecule has 0 radical (unpaired) electrons. The smallest absolute Gasteiger partial charge is 0.435 e. The van der Waals surface area contributed by atoms with Gasteiger partial charge < -0.3 is 4.42 Å². The van der Waals surface area contributed by atoms with Crippen LogP contribution >= 0.6 is 0 Å². The van der Waals surface area contributed by atoms with E-state index in [1.165, 1.54) is 6.92 Å². The largest absolute Gasteiger partial charge is 0.451 e. The summed E-state index contributed by atoms with van der Waals surface area (Å²) in [4.78, 5) is 3.34. The highest BCUT2D eigenvalue weighted by Gasteiger charge is 2.36. The molecule has 0 aliphatic rings. The molecule has 0 amide bonds. The van der Waals surface area contributed by atoms with Crippen molar-refractivity contribution in [1.29, 1.82) is 5.26 Å². The van der Waals surface area contributed by atoms with Gasteiger partial charge in [0.2, 0.25) is 11.7 Å². The molecule has 1 heterocycles. The van der Waals surface area contributed by atoms with Gasteiger partial charge in [-0.1, -0.05) is 0 Å². The SMILES string of the molecule is CC(C#N)c1ncc(C(F)(F)F)o1. The Balaban J connectivity index is 2.95. The molecular weight excluding hydrogens is 185 g/mol. The topological polar surface area (TPSA) is 49.8 Å². The quantitative estimate of drug-likeness (QED) is 0.682. The lowest BCUT2D eigenvalue weighted by molar-refractivity contribution is -0.153. The number of aromatic nitrogens is 1. The molecule has 0 aliphatic heterocycles. The second kappa shape index (κ2) is 3.09. The van der Waals surface area contributed by atoms with Gasteiger partial charge in [-0.15, -0.1) is 0 Å². The first-order valence-electron chi connectivity index (χ1n) is 3.37. The number of rotatable bonds is 1. The lowest BCUT2D eigenvalue weighted by Gasteiger charge is -1.99. The molecule has 3 nitrogen and oxygen atoms in total. The number of nitrogens with zero attached hydrogens (tertiary/aromatic N) is 2. The van der Waals surface area contributed by atoms with E-state index in [1.807, 2.05) is 0 Å². The Kier molecular flexibility index (Phi) is 2.28. The first-order valence-corrected chi connectivity index (χ1v) is 3.37. The van der Waals surface area contributed by atoms with Crippen LogP contribution in [0.4, 0.5) is 13.2 Å². The normalized spacial score (nSPS) is 13.8. The van der Waals surface area contributed by atoms with Gasteiger partial charge in [-0.05, 0) is 6.92 Å². The third kappa shape index (κ3) is 1.99. The summed E-state index contributed by atoms with van der Waals surface area (Å²) in [6, 6.07) is 1.72. The van der Waals surface area contributed by atoms with Gasteiger partial charge in [-0.25, -0.2) is 4.98 Å². The number of nitriles is 1. The van der Waals surface area contributed by atoms with Crippen LogP contribution in [0.25, 0.3) is 0 Å². The van der Waals surface area contributed by atoms with Gasteiger partial charge in [0.1, 0.15) is 5.92 Å². The van der Waals surface area contributed by atoms with Gasteiger partial charge in [-0.3, -0.25) is 0 Å². The number of oxazole rings is 1. The molecule has 0 saturated carbocycles. The van der Waals surface area contributed by atoms with Crippen LogP contribution in [0.5, 0.6) is 0 Å². The Morgan fingerprint density at radius 1 is 1.62 bits per heavy atom. The van der Waals surface area contributed by atoms with Crippen molar-refractivity contribution in [1.82, 2.24) is 4.98 Å². The van der Waals surface area contributed by atoms with Gasteiger partial charge in [-0.2, -0.15) is 18.4 Å². The van der Waals surface area contributed by atoms with Gasteiger partial charge >= 0.3 is 6.18 Å². The fraction of sp³-hybridized carbons (Fsp3) is 0.429. The Hall–Kier alpha value is -1.51. The molecule has 1 rings (SSSR count). The first-order chi connectivity index (χ1) is 5.95. The van der Waals surface area contributed by atoms with Gasteiger partial charge in [0.15, 0.2) is 0 Å². The lowest BCUT2D eigenvalue weighted by atomic mass is 10.2. The monoisotopic (exact) mass is 190 g/mol. The van der Waals surface area contributed by atoms with Crippen LogP contribution in [0.2, 0.25) is 0 Å². The molecule has 1 unspecified atom stereocenters. The number of hydrogen-bond donors (Lipinski definition) is 0. The average molecular weight is 190 g/mol. The molecule has 0 spiro atoms. The fourth-order valence-corrected chi connectivity index (χ4v) is 0.674. The molecule has 1 atom stereocenters. The van der Waals surface area contributed by atoms with Crippen LogP contribution in [0.15, 0.2) is 10.6 Å². The second-order valence-corrected chi connectivity index (χ2v) is 2.41. The Morgan fingerprint density at radius 3 is 2.62 bits per heavy atom. The summed E-state index contributed by atoms with van der Waals surface area (Å²) in [5.74, 6) is -2.16. The molecule has 1 aromatic heterocycles. The predicted octanol–water partition coefficient (Wildman–Crippen LogP) is 2.32. The molecule has 0 N–H and O–H groups in total. The minimum Gasteiger partial charge on any atom is -0.435 e. The zero-order chi connectivity index (χ0) is 10.1. The molecule has 0 saturated heterocycles. The molecule has 0 aliphatic carbocycles. The van der Waals surface area contributed by atoms with Gasteiger partial charge in [0, 0.05) is 0 Å². The van der Waals surface area contributed by atoms with Crippen LogP contribution in [0.3, 0.4) is 0 Å². The van der Waals surface area contributed by atoms with E-state index in [-0.39, 0.29) is 5.89 Å². The van der Waals surface area contributed by atoms with Crippen molar-refractivity contribution in [2.75, 3.05) is 0 Å². The standard InChI is InChI=1S/C7H5F3N2O/c1-4(2-11)6-12-3-5(13-6)7(8,9)10/h3-4H,1H3. The van der Waals surface area contributed by atoms with Crippen molar-refractivity contribution in [2.24, 2.45) is 0 Å². The zero-order valence-electron chi connectivity index (χ0n) is 6.59. The highest BCUT2D eigenvalue weighted by molar-refractivity contribution is 5.07. The van der Waals surface area contributed by atoms with E-state index in [0.29, 0.717) is 6.20 Å². The highest BCUT2D eigenvalue weighted by atomic mass is 19.4. The molecule has 6 heteroatoms. The molecule has 0 fully saturated rings. The van der Waals surface area contributed by atoms with E-state index in [2.05, 4.69) is 9.40 Å². The molecule has 0 aromatic carbocycles. The van der Waals surface area contributed by atoms with Crippen molar-refractivity contribution in [3.05, 3.63) is 17.8 Å². The van der Waals surface area contributed by atoms with E-state index in [0.717, 1.165) is 0 Å². The van der Waals surface area contributed by atoms with Crippen LogP contribution < -0.4 is 0 Å². The summed E-state index contributed by atoms with van der Waals surface area (Å²) >= 11 is 0. The highest BCUT2D eigenvalue weighted by Crippen LogP contribution is 2.30. The number of alkyl halides is 3. The molecule has 0 bridgehead atoms. The van der Waals surface area contributed by atoms with Crippen molar-refractivity contribution in [2.45, 2.75) is 19.0 Å². The maximum Gasteiger partial charge on any atom is 0.451 e. The van der Waals surface area contributed by atoms with E-state index < -0.39 is 17.9 Å². The van der Waals surface area contributed by atoms with Crippen LogP contribution in [-0.2, 0) is 6.18 Å². The van der Waals surface area contributed by atoms with E-state index in [1.54, 1.807) is 6.07 Å². The minimum atomic E-state index is -4.54. The summed E-state index contributed by atoms with van der Waals surface area (Å²) in [6.07, 6.45) is -3.97. The van der Waals surface area contributed by atoms with E-state index in [9.17, 15) is 13.2 Å². The van der Waals surface area contributed by atoms with Crippen molar-refractivity contribution >= 4 is 0 Å². The Labute approximate surface area is 71.8 Å². The molecule has 13 heavy (non-hydrogen) atoms. The van der Waals surface area contributed by atoms with Gasteiger partial charge in [0.25, 0.3) is 0 Å². The predicted molar refractivity (Wildman–Crippen MR) is 35.5 cm³/mol. The lowest BCUT2D eigenvalue weighted by Crippen LogP contribution is -2.02. The van der Waals surface area contributed by atoms with Crippen LogP contribution in [0, 0.1) is 11.3 Å².